The Kier molecular flexibility index (Phi) is 8.09. The van der Waals surface area contributed by atoms with Gasteiger partial charge in [-0.1, -0.05) is 12.1 Å². The SMILES string of the molecule is CN(C)c1nccc(C2CN(C(=O)NCC(CO)Cc3ccc(C(F)(F)F)cc3)CCO2)n1. The minimum absolute atomic E-state index is 0.191. The highest BCUT2D eigenvalue weighted by atomic mass is 19.4. The van der Waals surface area contributed by atoms with E-state index in [2.05, 4.69) is 15.3 Å². The van der Waals surface area contributed by atoms with Crippen LogP contribution in [0.3, 0.4) is 0 Å². The number of aliphatic hydroxyl groups excluding tert-OH is 1. The van der Waals surface area contributed by atoms with Crippen molar-refractivity contribution in [3.63, 3.8) is 0 Å². The number of nitrogens with one attached hydrogen (secondary N) is 1. The van der Waals surface area contributed by atoms with Crippen LogP contribution < -0.4 is 10.2 Å². The number of aliphatic hydroxyl groups is 1. The van der Waals surface area contributed by atoms with Gasteiger partial charge in [-0.3, -0.25) is 0 Å². The third-order valence-electron chi connectivity index (χ3n) is 5.35. The normalized spacial score (nSPS) is 17.5. The summed E-state index contributed by atoms with van der Waals surface area (Å²) in [7, 11) is 3.67. The van der Waals surface area contributed by atoms with Crippen molar-refractivity contribution in [2.75, 3.05) is 51.8 Å². The van der Waals surface area contributed by atoms with Crippen LogP contribution in [0.2, 0.25) is 0 Å². The van der Waals surface area contributed by atoms with E-state index < -0.39 is 11.7 Å². The molecule has 2 N–H and O–H groups in total. The second kappa shape index (κ2) is 10.8. The van der Waals surface area contributed by atoms with Crippen LogP contribution in [0.4, 0.5) is 23.9 Å². The molecule has 1 aliphatic rings. The maximum Gasteiger partial charge on any atom is 0.416 e. The number of benzene rings is 1. The highest BCUT2D eigenvalue weighted by Gasteiger charge is 2.30. The van der Waals surface area contributed by atoms with Gasteiger partial charge in [0, 0.05) is 45.9 Å². The van der Waals surface area contributed by atoms with Crippen molar-refractivity contribution < 1.29 is 27.8 Å². The summed E-state index contributed by atoms with van der Waals surface area (Å²) in [5.41, 5.74) is 0.619. The molecule has 2 amide bonds. The van der Waals surface area contributed by atoms with Crippen LogP contribution in [-0.4, -0.2) is 72.9 Å². The van der Waals surface area contributed by atoms with E-state index in [9.17, 15) is 23.1 Å². The molecule has 2 aromatic rings. The summed E-state index contributed by atoms with van der Waals surface area (Å²) >= 11 is 0. The van der Waals surface area contributed by atoms with Gasteiger partial charge in [-0.2, -0.15) is 13.2 Å². The molecule has 1 aromatic heterocycles. The van der Waals surface area contributed by atoms with E-state index in [1.54, 1.807) is 22.1 Å². The molecule has 1 aromatic carbocycles. The molecular formula is C22H28F3N5O3. The van der Waals surface area contributed by atoms with Crippen LogP contribution in [-0.2, 0) is 17.3 Å². The highest BCUT2D eigenvalue weighted by molar-refractivity contribution is 5.74. The van der Waals surface area contributed by atoms with Crippen LogP contribution in [0.1, 0.15) is 22.9 Å². The van der Waals surface area contributed by atoms with Gasteiger partial charge in [0.25, 0.3) is 0 Å². The van der Waals surface area contributed by atoms with Crippen molar-refractivity contribution in [1.82, 2.24) is 20.2 Å². The molecule has 0 spiro atoms. The van der Waals surface area contributed by atoms with Crippen molar-refractivity contribution in [1.29, 1.82) is 0 Å². The van der Waals surface area contributed by atoms with E-state index in [1.165, 1.54) is 12.1 Å². The van der Waals surface area contributed by atoms with E-state index in [0.717, 1.165) is 12.1 Å². The first-order valence-corrected chi connectivity index (χ1v) is 10.6. The molecule has 2 heterocycles. The standard InChI is InChI=1S/C22H28F3N5O3/c1-29(2)20-26-8-7-18(28-20)19-13-30(9-10-33-19)21(32)27-12-16(14-31)11-15-3-5-17(6-4-15)22(23,24)25/h3-8,16,19,31H,9-14H2,1-2H3,(H,27,32). The summed E-state index contributed by atoms with van der Waals surface area (Å²) < 4.78 is 43.9. The zero-order chi connectivity index (χ0) is 24.0. The second-order valence-electron chi connectivity index (χ2n) is 8.11. The third kappa shape index (κ3) is 6.78. The van der Waals surface area contributed by atoms with Gasteiger partial charge in [0.2, 0.25) is 5.95 Å². The average molecular weight is 467 g/mol. The average Bonchev–Trinajstić information content (AvgIpc) is 2.81. The van der Waals surface area contributed by atoms with Crippen molar-refractivity contribution in [3.05, 3.63) is 53.3 Å². The third-order valence-corrected chi connectivity index (χ3v) is 5.35. The predicted molar refractivity (Wildman–Crippen MR) is 116 cm³/mol. The molecule has 2 atom stereocenters. The van der Waals surface area contributed by atoms with Gasteiger partial charge >= 0.3 is 12.2 Å². The molecule has 1 aliphatic heterocycles. The number of anilines is 1. The van der Waals surface area contributed by atoms with Crippen molar-refractivity contribution in [2.45, 2.75) is 18.7 Å². The number of rotatable bonds is 7. The lowest BCUT2D eigenvalue weighted by Gasteiger charge is -2.33. The first kappa shape index (κ1) is 24.7. The number of nitrogens with zero attached hydrogens (tertiary/aromatic N) is 4. The number of carbonyl (C=O) groups is 1. The fourth-order valence-electron chi connectivity index (χ4n) is 3.48. The summed E-state index contributed by atoms with van der Waals surface area (Å²) in [6.45, 7) is 1.07. The molecule has 1 saturated heterocycles. The fraction of sp³-hybridized carbons (Fsp3) is 0.500. The Morgan fingerprint density at radius 2 is 2.03 bits per heavy atom. The summed E-state index contributed by atoms with van der Waals surface area (Å²) in [4.78, 5) is 24.8. The van der Waals surface area contributed by atoms with Gasteiger partial charge in [0.05, 0.1) is 24.4 Å². The van der Waals surface area contributed by atoms with E-state index in [4.69, 9.17) is 4.74 Å². The molecule has 1 fully saturated rings. The van der Waals surface area contributed by atoms with Crippen LogP contribution in [0.5, 0.6) is 0 Å². The lowest BCUT2D eigenvalue weighted by atomic mass is 9.99. The first-order valence-electron chi connectivity index (χ1n) is 10.6. The number of hydrogen-bond acceptors (Lipinski definition) is 6. The number of amides is 2. The summed E-state index contributed by atoms with van der Waals surface area (Å²) in [6, 6.07) is 6.28. The number of urea groups is 1. The highest BCUT2D eigenvalue weighted by Crippen LogP contribution is 2.29. The Balaban J connectivity index is 1.54. The molecule has 180 valence electrons. The fourth-order valence-corrected chi connectivity index (χ4v) is 3.48. The summed E-state index contributed by atoms with van der Waals surface area (Å²) in [5, 5.41) is 12.5. The Labute approximate surface area is 190 Å². The maximum absolute atomic E-state index is 12.7. The lowest BCUT2D eigenvalue weighted by Crippen LogP contribution is -2.48. The van der Waals surface area contributed by atoms with Crippen molar-refractivity contribution >= 4 is 12.0 Å². The molecule has 0 aliphatic carbocycles. The number of alkyl halides is 3. The Hall–Kier alpha value is -2.92. The van der Waals surface area contributed by atoms with Gasteiger partial charge in [0.1, 0.15) is 6.10 Å². The topological polar surface area (TPSA) is 90.8 Å². The van der Waals surface area contributed by atoms with Crippen LogP contribution in [0.15, 0.2) is 36.5 Å². The number of halogens is 3. The smallest absolute Gasteiger partial charge is 0.396 e. The number of hydrogen-bond donors (Lipinski definition) is 2. The van der Waals surface area contributed by atoms with E-state index >= 15 is 0 Å². The number of carbonyl (C=O) groups excluding carboxylic acids is 1. The zero-order valence-electron chi connectivity index (χ0n) is 18.5. The summed E-state index contributed by atoms with van der Waals surface area (Å²) in [6.07, 6.45) is -2.78. The van der Waals surface area contributed by atoms with Crippen molar-refractivity contribution in [2.24, 2.45) is 5.92 Å². The van der Waals surface area contributed by atoms with E-state index in [-0.39, 0.29) is 31.2 Å². The first-order chi connectivity index (χ1) is 15.7. The molecule has 0 saturated carbocycles. The minimum atomic E-state index is -4.39. The number of ether oxygens (including phenoxy) is 1. The van der Waals surface area contributed by atoms with E-state index in [0.29, 0.717) is 43.3 Å². The molecular weight excluding hydrogens is 439 g/mol. The lowest BCUT2D eigenvalue weighted by molar-refractivity contribution is -0.137. The van der Waals surface area contributed by atoms with Gasteiger partial charge in [0.15, 0.2) is 0 Å². The second-order valence-corrected chi connectivity index (χ2v) is 8.11. The largest absolute Gasteiger partial charge is 0.416 e. The van der Waals surface area contributed by atoms with Crippen molar-refractivity contribution in [3.8, 4) is 0 Å². The number of morpholine rings is 1. The zero-order valence-corrected chi connectivity index (χ0v) is 18.5. The summed E-state index contributed by atoms with van der Waals surface area (Å²) in [5.74, 6) is 0.221. The Morgan fingerprint density at radius 3 is 2.67 bits per heavy atom. The van der Waals surface area contributed by atoms with Crippen LogP contribution >= 0.6 is 0 Å². The Morgan fingerprint density at radius 1 is 1.30 bits per heavy atom. The molecule has 0 bridgehead atoms. The number of aromatic nitrogens is 2. The molecule has 11 heteroatoms. The molecule has 0 radical (unpaired) electrons. The maximum atomic E-state index is 12.7. The van der Waals surface area contributed by atoms with Crippen LogP contribution in [0.25, 0.3) is 0 Å². The quantitative estimate of drug-likeness (QED) is 0.650. The Bertz CT molecular complexity index is 924. The minimum Gasteiger partial charge on any atom is -0.396 e. The molecule has 3 rings (SSSR count). The van der Waals surface area contributed by atoms with Gasteiger partial charge in [-0.25, -0.2) is 14.8 Å². The molecule has 33 heavy (non-hydrogen) atoms. The molecule has 8 nitrogen and oxygen atoms in total. The monoisotopic (exact) mass is 467 g/mol. The van der Waals surface area contributed by atoms with Crippen LogP contribution in [0, 0.1) is 5.92 Å². The molecule has 2 unspecified atom stereocenters. The van der Waals surface area contributed by atoms with Gasteiger partial charge < -0.3 is 25.0 Å². The van der Waals surface area contributed by atoms with Gasteiger partial charge in [-0.05, 0) is 30.2 Å². The predicted octanol–water partition coefficient (Wildman–Crippen LogP) is 2.50. The van der Waals surface area contributed by atoms with Gasteiger partial charge in [-0.15, -0.1) is 0 Å². The van der Waals surface area contributed by atoms with E-state index in [1.807, 2.05) is 14.1 Å².